The van der Waals surface area contributed by atoms with Gasteiger partial charge in [-0.2, -0.15) is 0 Å². The van der Waals surface area contributed by atoms with Crippen LogP contribution in [0.25, 0.3) is 0 Å². The number of nitrogens with zero attached hydrogens (tertiary/aromatic N) is 2. The van der Waals surface area contributed by atoms with Crippen molar-refractivity contribution in [3.63, 3.8) is 0 Å². The van der Waals surface area contributed by atoms with Crippen molar-refractivity contribution in [3.8, 4) is 0 Å². The zero-order chi connectivity index (χ0) is 12.7. The van der Waals surface area contributed by atoms with Crippen LogP contribution in [0.15, 0.2) is 18.3 Å². The molecule has 0 spiro atoms. The van der Waals surface area contributed by atoms with Gasteiger partial charge in [-0.3, -0.25) is 4.79 Å². The summed E-state index contributed by atoms with van der Waals surface area (Å²) in [4.78, 5) is 17.2. The molecule has 4 N–H and O–H groups in total. The first kappa shape index (κ1) is 13.4. The molecule has 0 aromatic carbocycles. The second-order valence-electron chi connectivity index (χ2n) is 3.97. The Balaban J connectivity index is 2.75. The average Bonchev–Trinajstić information content (AvgIpc) is 2.34. The van der Waals surface area contributed by atoms with Crippen LogP contribution in [0.1, 0.15) is 25.3 Å². The van der Waals surface area contributed by atoms with Gasteiger partial charge in [0.2, 0.25) is 5.91 Å². The number of aromatic nitrogens is 1. The van der Waals surface area contributed by atoms with Crippen molar-refractivity contribution >= 4 is 11.7 Å². The summed E-state index contributed by atoms with van der Waals surface area (Å²) in [7, 11) is 0. The van der Waals surface area contributed by atoms with E-state index in [4.69, 9.17) is 11.5 Å². The van der Waals surface area contributed by atoms with Gasteiger partial charge in [-0.1, -0.05) is 19.4 Å². The number of hydrogen-bond acceptors (Lipinski definition) is 4. The largest absolute Gasteiger partial charge is 0.368 e. The van der Waals surface area contributed by atoms with Crippen LogP contribution in [0.2, 0.25) is 0 Å². The number of carbonyl (C=O) groups is 1. The molecule has 0 saturated heterocycles. The van der Waals surface area contributed by atoms with Gasteiger partial charge in [0, 0.05) is 19.3 Å². The highest BCUT2D eigenvalue weighted by molar-refractivity contribution is 5.79. The van der Waals surface area contributed by atoms with E-state index < -0.39 is 0 Å². The number of carbonyl (C=O) groups excluding carboxylic acids is 1. The van der Waals surface area contributed by atoms with Gasteiger partial charge in [-0.25, -0.2) is 4.98 Å². The highest BCUT2D eigenvalue weighted by Crippen LogP contribution is 2.11. The van der Waals surface area contributed by atoms with Gasteiger partial charge in [-0.15, -0.1) is 0 Å². The zero-order valence-electron chi connectivity index (χ0n) is 10.2. The highest BCUT2D eigenvalue weighted by atomic mass is 16.1. The topological polar surface area (TPSA) is 85.2 Å². The van der Waals surface area contributed by atoms with E-state index in [0.717, 1.165) is 30.8 Å². The van der Waals surface area contributed by atoms with E-state index in [2.05, 4.69) is 11.9 Å². The van der Waals surface area contributed by atoms with Gasteiger partial charge in [0.25, 0.3) is 0 Å². The van der Waals surface area contributed by atoms with Crippen molar-refractivity contribution in [2.75, 3.05) is 18.0 Å². The smallest absolute Gasteiger partial charge is 0.236 e. The minimum absolute atomic E-state index is 0.203. The van der Waals surface area contributed by atoms with Gasteiger partial charge >= 0.3 is 0 Å². The Morgan fingerprint density at radius 2 is 2.24 bits per heavy atom. The number of rotatable bonds is 7. The summed E-state index contributed by atoms with van der Waals surface area (Å²) in [5.41, 5.74) is 11.7. The maximum Gasteiger partial charge on any atom is 0.236 e. The molecule has 17 heavy (non-hydrogen) atoms. The summed E-state index contributed by atoms with van der Waals surface area (Å²) in [6, 6.07) is 3.79. The Bertz CT molecular complexity index is 350. The van der Waals surface area contributed by atoms with E-state index in [9.17, 15) is 4.79 Å². The molecular weight excluding hydrogens is 216 g/mol. The molecule has 5 heteroatoms. The van der Waals surface area contributed by atoms with Gasteiger partial charge in [0.05, 0.1) is 6.54 Å². The van der Waals surface area contributed by atoms with Crippen molar-refractivity contribution < 1.29 is 4.79 Å². The molecule has 0 radical (unpaired) electrons. The first-order valence-electron chi connectivity index (χ1n) is 5.85. The third kappa shape index (κ3) is 4.40. The van der Waals surface area contributed by atoms with E-state index in [1.54, 1.807) is 6.20 Å². The number of nitrogens with two attached hydrogens (primary N) is 2. The van der Waals surface area contributed by atoms with E-state index in [1.165, 1.54) is 0 Å². The molecule has 1 rings (SSSR count). The monoisotopic (exact) mass is 236 g/mol. The van der Waals surface area contributed by atoms with Crippen LogP contribution < -0.4 is 16.4 Å². The SMILES string of the molecule is CCCCN(CC(N)=O)c1ccc(CN)cn1. The van der Waals surface area contributed by atoms with Crippen LogP contribution in [0.5, 0.6) is 0 Å². The van der Waals surface area contributed by atoms with E-state index in [1.807, 2.05) is 17.0 Å². The lowest BCUT2D eigenvalue weighted by molar-refractivity contribution is -0.116. The number of unbranched alkanes of at least 4 members (excludes halogenated alkanes) is 1. The minimum Gasteiger partial charge on any atom is -0.368 e. The van der Waals surface area contributed by atoms with Crippen molar-refractivity contribution in [1.29, 1.82) is 0 Å². The molecule has 0 bridgehead atoms. The molecule has 0 atom stereocenters. The third-order valence-electron chi connectivity index (χ3n) is 2.50. The number of pyridine rings is 1. The molecule has 0 aliphatic carbocycles. The van der Waals surface area contributed by atoms with Crippen molar-refractivity contribution in [1.82, 2.24) is 4.98 Å². The van der Waals surface area contributed by atoms with Crippen molar-refractivity contribution in [3.05, 3.63) is 23.9 Å². The summed E-state index contributed by atoms with van der Waals surface area (Å²) in [6.07, 6.45) is 3.80. The molecule has 0 saturated carbocycles. The van der Waals surface area contributed by atoms with Crippen LogP contribution in [-0.2, 0) is 11.3 Å². The molecule has 0 unspecified atom stereocenters. The lowest BCUT2D eigenvalue weighted by Crippen LogP contribution is -2.35. The molecular formula is C12H20N4O. The van der Waals surface area contributed by atoms with Gasteiger partial charge < -0.3 is 16.4 Å². The fraction of sp³-hybridized carbons (Fsp3) is 0.500. The maximum absolute atomic E-state index is 11.0. The van der Waals surface area contributed by atoms with Crippen LogP contribution in [0, 0.1) is 0 Å². The third-order valence-corrected chi connectivity index (χ3v) is 2.50. The molecule has 0 aliphatic rings. The van der Waals surface area contributed by atoms with E-state index in [-0.39, 0.29) is 12.5 Å². The summed E-state index contributed by atoms with van der Waals surface area (Å²) in [6.45, 7) is 3.56. The predicted molar refractivity (Wildman–Crippen MR) is 68.4 cm³/mol. The predicted octanol–water partition coefficient (Wildman–Crippen LogP) is 0.632. The molecule has 0 fully saturated rings. The zero-order valence-corrected chi connectivity index (χ0v) is 10.2. The summed E-state index contributed by atoms with van der Waals surface area (Å²) in [5.74, 6) is 0.431. The molecule has 1 aromatic rings. The Morgan fingerprint density at radius 3 is 2.71 bits per heavy atom. The highest BCUT2D eigenvalue weighted by Gasteiger charge is 2.09. The van der Waals surface area contributed by atoms with Crippen molar-refractivity contribution in [2.45, 2.75) is 26.3 Å². The summed E-state index contributed by atoms with van der Waals surface area (Å²) >= 11 is 0. The number of amides is 1. The molecule has 5 nitrogen and oxygen atoms in total. The van der Waals surface area contributed by atoms with E-state index >= 15 is 0 Å². The van der Waals surface area contributed by atoms with E-state index in [0.29, 0.717) is 6.54 Å². The number of hydrogen-bond donors (Lipinski definition) is 2. The lowest BCUT2D eigenvalue weighted by Gasteiger charge is -2.22. The first-order chi connectivity index (χ1) is 8.17. The minimum atomic E-state index is -0.342. The standard InChI is InChI=1S/C12H20N4O/c1-2-3-6-16(9-11(14)17)12-5-4-10(7-13)8-15-12/h4-5,8H,2-3,6-7,9,13H2,1H3,(H2,14,17). The molecule has 0 aliphatic heterocycles. The molecule has 1 aromatic heterocycles. The average molecular weight is 236 g/mol. The number of primary amides is 1. The Labute approximate surface area is 102 Å². The quantitative estimate of drug-likeness (QED) is 0.727. The fourth-order valence-corrected chi connectivity index (χ4v) is 1.54. The van der Waals surface area contributed by atoms with Gasteiger partial charge in [0.1, 0.15) is 5.82 Å². The molecule has 94 valence electrons. The van der Waals surface area contributed by atoms with Crippen LogP contribution in [0.4, 0.5) is 5.82 Å². The first-order valence-corrected chi connectivity index (χ1v) is 5.85. The van der Waals surface area contributed by atoms with Crippen LogP contribution in [0.3, 0.4) is 0 Å². The normalized spacial score (nSPS) is 10.2. The summed E-state index contributed by atoms with van der Waals surface area (Å²) in [5, 5.41) is 0. The molecule has 1 heterocycles. The summed E-state index contributed by atoms with van der Waals surface area (Å²) < 4.78 is 0. The van der Waals surface area contributed by atoms with Gasteiger partial charge in [0.15, 0.2) is 0 Å². The Morgan fingerprint density at radius 1 is 1.47 bits per heavy atom. The number of anilines is 1. The van der Waals surface area contributed by atoms with Crippen molar-refractivity contribution in [2.24, 2.45) is 11.5 Å². The second-order valence-corrected chi connectivity index (χ2v) is 3.97. The maximum atomic E-state index is 11.0. The lowest BCUT2D eigenvalue weighted by atomic mass is 10.2. The Kier molecular flexibility index (Phi) is 5.42. The Hall–Kier alpha value is -1.62. The molecule has 1 amide bonds. The fourth-order valence-electron chi connectivity index (χ4n) is 1.54. The van der Waals surface area contributed by atoms with Crippen LogP contribution >= 0.6 is 0 Å². The second kappa shape index (κ2) is 6.85. The van der Waals surface area contributed by atoms with Crippen LogP contribution in [-0.4, -0.2) is 24.0 Å². The van der Waals surface area contributed by atoms with Gasteiger partial charge in [-0.05, 0) is 18.1 Å².